The van der Waals surface area contributed by atoms with Crippen molar-refractivity contribution in [2.24, 2.45) is 0 Å². The molecule has 19 nitrogen and oxygen atoms in total. The van der Waals surface area contributed by atoms with Gasteiger partial charge in [-0.05, 0) is 19.1 Å². The Balaban J connectivity index is 1.91. The number of hydrogen-bond donors (Lipinski definition) is 7. The predicted octanol–water partition coefficient (Wildman–Crippen LogP) is -3.08. The number of nitrogens with zero attached hydrogens (tertiary/aromatic N) is 5. The lowest BCUT2D eigenvalue weighted by atomic mass is 10.2. The van der Waals surface area contributed by atoms with E-state index in [4.69, 9.17) is 5.41 Å². The Bertz CT molecular complexity index is 1190. The summed E-state index contributed by atoms with van der Waals surface area (Å²) in [6.45, 7) is 2.32. The third kappa shape index (κ3) is 15.8. The number of carbonyl (C=O) groups excluding carboxylic acids is 4. The van der Waals surface area contributed by atoms with E-state index in [1.54, 1.807) is 33.6 Å². The topological polar surface area (TPSA) is 256 Å². The lowest BCUT2D eigenvalue weighted by molar-refractivity contribution is -0.140. The molecule has 0 aromatic rings. The van der Waals surface area contributed by atoms with Gasteiger partial charge in [-0.15, -0.1) is 11.8 Å². The van der Waals surface area contributed by atoms with Crippen molar-refractivity contribution in [2.45, 2.75) is 37.5 Å². The van der Waals surface area contributed by atoms with Crippen LogP contribution in [-0.2, 0) is 33.6 Å². The zero-order chi connectivity index (χ0) is 37.2. The first-order valence-electron chi connectivity index (χ1n) is 16.5. The minimum Gasteiger partial charge on any atom is -0.480 e. The molecule has 2 saturated heterocycles. The van der Waals surface area contributed by atoms with E-state index in [2.05, 4.69) is 16.0 Å². The number of amidine groups is 1. The van der Waals surface area contributed by atoms with E-state index in [0.717, 1.165) is 4.90 Å². The van der Waals surface area contributed by atoms with Crippen molar-refractivity contribution < 1.29 is 48.9 Å². The van der Waals surface area contributed by atoms with Gasteiger partial charge in [-0.25, -0.2) is 0 Å². The molecule has 2 atom stereocenters. The van der Waals surface area contributed by atoms with Gasteiger partial charge in [0.1, 0.15) is 0 Å². The van der Waals surface area contributed by atoms with Crippen molar-refractivity contribution in [2.75, 3.05) is 104 Å². The number of likely N-dealkylation sites (tertiary alicyclic amines) is 1. The van der Waals surface area contributed by atoms with E-state index >= 15 is 0 Å². The molecule has 50 heavy (non-hydrogen) atoms. The molecule has 0 aromatic carbocycles. The summed E-state index contributed by atoms with van der Waals surface area (Å²) < 4.78 is 0. The quantitative estimate of drug-likeness (QED) is 0.0320. The molecule has 20 heteroatoms. The van der Waals surface area contributed by atoms with Gasteiger partial charge in [0.15, 0.2) is 0 Å². The summed E-state index contributed by atoms with van der Waals surface area (Å²) in [4.78, 5) is 93.0. The Labute approximate surface area is 295 Å². The van der Waals surface area contributed by atoms with Gasteiger partial charge in [0.25, 0.3) is 0 Å². The number of hydrogen-bond acceptors (Lipinski definition) is 13. The van der Waals surface area contributed by atoms with E-state index in [-0.39, 0.29) is 110 Å². The first-order chi connectivity index (χ1) is 23.7. The normalized spacial score (nSPS) is 19.6. The van der Waals surface area contributed by atoms with Crippen molar-refractivity contribution in [3.8, 4) is 0 Å². The summed E-state index contributed by atoms with van der Waals surface area (Å²) in [6, 6.07) is -0.772. The minimum atomic E-state index is -1.06. The van der Waals surface area contributed by atoms with Crippen molar-refractivity contribution in [1.29, 1.82) is 5.41 Å². The average molecular weight is 730 g/mol. The number of amides is 4. The maximum atomic E-state index is 13.1. The van der Waals surface area contributed by atoms with Crippen LogP contribution in [-0.4, -0.2) is 203 Å². The van der Waals surface area contributed by atoms with Gasteiger partial charge < -0.3 is 31.3 Å². The van der Waals surface area contributed by atoms with E-state index in [0.29, 0.717) is 24.4 Å². The van der Waals surface area contributed by atoms with Gasteiger partial charge in [-0.1, -0.05) is 0 Å². The highest BCUT2D eigenvalue weighted by molar-refractivity contribution is 8.00. The van der Waals surface area contributed by atoms with Crippen LogP contribution in [0.1, 0.15) is 26.2 Å². The van der Waals surface area contributed by atoms with Gasteiger partial charge in [-0.3, -0.25) is 63.5 Å². The lowest BCUT2D eigenvalue weighted by Crippen LogP contribution is -2.53. The van der Waals surface area contributed by atoms with Crippen molar-refractivity contribution >= 4 is 59.1 Å². The molecule has 2 heterocycles. The molecule has 2 rings (SSSR count). The highest BCUT2D eigenvalue weighted by Gasteiger charge is 2.38. The number of carboxylic acid groups (broad SMARTS) is 3. The number of imide groups is 1. The van der Waals surface area contributed by atoms with Crippen molar-refractivity contribution in [3.63, 3.8) is 0 Å². The first kappa shape index (κ1) is 42.3. The Hall–Kier alpha value is -3.85. The molecule has 282 valence electrons. The first-order valence-corrected chi connectivity index (χ1v) is 17.6. The number of carboxylic acids is 3. The number of rotatable bonds is 18. The van der Waals surface area contributed by atoms with E-state index < -0.39 is 41.0 Å². The molecule has 0 saturated carbocycles. The van der Waals surface area contributed by atoms with Crippen LogP contribution in [0.2, 0.25) is 0 Å². The Kier molecular flexibility index (Phi) is 18.7. The molecular formula is C30H51N9O10S. The average Bonchev–Trinajstić information content (AvgIpc) is 3.31. The van der Waals surface area contributed by atoms with Crippen LogP contribution in [0.3, 0.4) is 0 Å². The van der Waals surface area contributed by atoms with Gasteiger partial charge >= 0.3 is 17.9 Å². The molecule has 2 unspecified atom stereocenters. The number of thioether (sulfide) groups is 1. The van der Waals surface area contributed by atoms with Crippen molar-refractivity contribution in [3.05, 3.63) is 0 Å². The summed E-state index contributed by atoms with van der Waals surface area (Å²) in [5, 5.41) is 43.2. The zero-order valence-electron chi connectivity index (χ0n) is 28.7. The largest absolute Gasteiger partial charge is 0.480 e. The number of nitrogens with one attached hydrogen (secondary N) is 4. The van der Waals surface area contributed by atoms with Crippen LogP contribution in [0.25, 0.3) is 0 Å². The molecular weight excluding hydrogens is 678 g/mol. The molecule has 0 aliphatic carbocycles. The maximum absolute atomic E-state index is 13.1. The third-order valence-corrected chi connectivity index (χ3v) is 9.65. The molecule has 0 bridgehead atoms. The fourth-order valence-corrected chi connectivity index (χ4v) is 6.58. The van der Waals surface area contributed by atoms with E-state index in [9.17, 15) is 48.9 Å². The lowest BCUT2D eigenvalue weighted by Gasteiger charge is -2.35. The predicted molar refractivity (Wildman–Crippen MR) is 183 cm³/mol. The third-order valence-electron chi connectivity index (χ3n) is 8.35. The van der Waals surface area contributed by atoms with Gasteiger partial charge in [0.2, 0.25) is 23.6 Å². The number of carbonyl (C=O) groups is 7. The SMILES string of the molecule is CNC(=N)CCCSC1CC(=O)N(CCNC(=O)CNC(=O)C(C)N2CCN(CC(=O)O)CCN(CC(=O)O)CCN(CC(=O)O)CC2)C1=O. The molecule has 7 N–H and O–H groups in total. The molecule has 0 radical (unpaired) electrons. The minimum absolute atomic E-state index is 0.00323. The maximum Gasteiger partial charge on any atom is 0.317 e. The van der Waals surface area contributed by atoms with Gasteiger partial charge in [-0.2, -0.15) is 0 Å². The Morgan fingerprint density at radius 3 is 1.82 bits per heavy atom. The van der Waals surface area contributed by atoms with Crippen molar-refractivity contribution in [1.82, 2.24) is 40.4 Å². The van der Waals surface area contributed by atoms with Crippen LogP contribution in [0.5, 0.6) is 0 Å². The smallest absolute Gasteiger partial charge is 0.317 e. The highest BCUT2D eigenvalue weighted by atomic mass is 32.2. The van der Waals surface area contributed by atoms with Gasteiger partial charge in [0, 0.05) is 85.3 Å². The molecule has 2 fully saturated rings. The van der Waals surface area contributed by atoms with E-state index in [1.807, 2.05) is 0 Å². The molecule has 2 aliphatic rings. The monoisotopic (exact) mass is 729 g/mol. The summed E-state index contributed by atoms with van der Waals surface area (Å²) in [5.41, 5.74) is 0. The summed E-state index contributed by atoms with van der Waals surface area (Å²) in [5.74, 6) is -3.79. The number of aliphatic carboxylic acids is 3. The standard InChI is InChI=1S/C30H51N9O10S/c1-21(29(48)34-17-24(40)33-5-6-39-25(41)16-22(30(39)49)50-15-3-4-23(31)32-2)38-13-11-36(19-27(44)45)9-7-35(18-26(42)43)8-10-37(12-14-38)20-28(46)47/h21-22H,3-20H2,1-2H3,(H2,31,32)(H,33,40)(H,34,48)(H,42,43)(H,44,45)(H,46,47). The van der Waals surface area contributed by atoms with Gasteiger partial charge in [0.05, 0.1) is 43.3 Å². The van der Waals surface area contributed by atoms with Crippen LogP contribution >= 0.6 is 11.8 Å². The molecule has 2 aliphatic heterocycles. The molecule has 0 aromatic heterocycles. The van der Waals surface area contributed by atoms with Crippen LogP contribution in [0.4, 0.5) is 0 Å². The second kappa shape index (κ2) is 22.1. The summed E-state index contributed by atoms with van der Waals surface area (Å²) >= 11 is 1.38. The van der Waals surface area contributed by atoms with E-state index in [1.165, 1.54) is 11.8 Å². The fraction of sp³-hybridized carbons (Fsp3) is 0.733. The van der Waals surface area contributed by atoms with Crippen LogP contribution in [0, 0.1) is 5.41 Å². The van der Waals surface area contributed by atoms with Crippen LogP contribution < -0.4 is 16.0 Å². The molecule has 0 spiro atoms. The summed E-state index contributed by atoms with van der Waals surface area (Å²) in [7, 11) is 1.67. The Morgan fingerprint density at radius 2 is 1.34 bits per heavy atom. The fourth-order valence-electron chi connectivity index (χ4n) is 5.46. The molecule has 4 amide bonds. The zero-order valence-corrected chi connectivity index (χ0v) is 29.5. The second-order valence-corrected chi connectivity index (χ2v) is 13.4. The highest BCUT2D eigenvalue weighted by Crippen LogP contribution is 2.25. The summed E-state index contributed by atoms with van der Waals surface area (Å²) in [6.07, 6.45) is 1.33. The Morgan fingerprint density at radius 1 is 0.840 bits per heavy atom. The second-order valence-electron chi connectivity index (χ2n) is 12.1. The van der Waals surface area contributed by atoms with Crippen LogP contribution in [0.15, 0.2) is 0 Å².